The molecule has 0 saturated carbocycles. The molecule has 0 saturated heterocycles. The molecule has 5 heavy (non-hydrogen) atoms. The molecule has 0 unspecified atom stereocenters. The van der Waals surface area contributed by atoms with Gasteiger partial charge in [0.1, 0.15) is 0 Å². The van der Waals surface area contributed by atoms with Crippen LogP contribution in [-0.2, 0) is 42.8 Å². The van der Waals surface area contributed by atoms with Gasteiger partial charge < -0.3 is 0 Å². The standard InChI is InChI=1S/Co.Fe.O2Si/c;;1-3-2. The van der Waals surface area contributed by atoms with Gasteiger partial charge in [0, 0.05) is 33.8 Å². The fourth-order valence-electron chi connectivity index (χ4n) is 0. The van der Waals surface area contributed by atoms with Crippen molar-refractivity contribution >= 4 is 9.29 Å². The molecule has 0 N–H and O–H groups in total. The molecule has 0 aliphatic rings. The van der Waals surface area contributed by atoms with Crippen molar-refractivity contribution in [2.75, 3.05) is 0 Å². The third-order valence-corrected chi connectivity index (χ3v) is 0. The topological polar surface area (TPSA) is 34.1 Å². The van der Waals surface area contributed by atoms with Gasteiger partial charge in [0.25, 0.3) is 0 Å². The first kappa shape index (κ1) is 17.0. The van der Waals surface area contributed by atoms with Gasteiger partial charge in [-0.25, -0.2) is 0 Å². The normalized spacial score (nSPS) is 1.60. The van der Waals surface area contributed by atoms with Gasteiger partial charge in [0.2, 0.25) is 0 Å². The van der Waals surface area contributed by atoms with Crippen molar-refractivity contribution in [3.05, 3.63) is 0 Å². The van der Waals surface area contributed by atoms with Gasteiger partial charge in [-0.1, -0.05) is 0 Å². The monoisotopic (exact) mass is 175 g/mol. The van der Waals surface area contributed by atoms with Crippen LogP contribution in [0.2, 0.25) is 0 Å². The fourth-order valence-corrected chi connectivity index (χ4v) is 0. The Morgan fingerprint density at radius 3 is 1.20 bits per heavy atom. The number of hydrogen-bond acceptors (Lipinski definition) is 2. The van der Waals surface area contributed by atoms with E-state index in [1.54, 1.807) is 0 Å². The molecule has 0 aromatic rings. The molecule has 0 fully saturated rings. The predicted octanol–water partition coefficient (Wildman–Crippen LogP) is -0.623. The smallest absolute Gasteiger partial charge is 0.274 e. The first-order chi connectivity index (χ1) is 1.41. The van der Waals surface area contributed by atoms with Crippen LogP contribution in [-0.4, -0.2) is 9.29 Å². The zero-order chi connectivity index (χ0) is 2.71. The average molecular weight is 175 g/mol. The largest absolute Gasteiger partial charge is 0.549 e. The maximum Gasteiger partial charge on any atom is 0.549 e. The summed E-state index contributed by atoms with van der Waals surface area (Å²) in [5.41, 5.74) is 0. The summed E-state index contributed by atoms with van der Waals surface area (Å²) in [6.45, 7) is 0. The molecule has 5 heteroatoms. The maximum absolute atomic E-state index is 8.40. The molecule has 0 heterocycles. The molecule has 0 aliphatic carbocycles. The van der Waals surface area contributed by atoms with Crippen molar-refractivity contribution in [3.63, 3.8) is 0 Å². The first-order valence-electron chi connectivity index (χ1n) is 0.408. The molecule has 1 radical (unpaired) electrons. The third-order valence-electron chi connectivity index (χ3n) is 0. The zero-order valence-electron chi connectivity index (χ0n) is 2.00. The van der Waals surface area contributed by atoms with E-state index in [0.717, 1.165) is 0 Å². The molecule has 0 spiro atoms. The van der Waals surface area contributed by atoms with E-state index in [2.05, 4.69) is 0 Å². The SMILES string of the molecule is O=[Si]=O.[Co].[Fe]. The molecule has 0 bridgehead atoms. The van der Waals surface area contributed by atoms with Gasteiger partial charge in [0.15, 0.2) is 0 Å². The zero-order valence-corrected chi connectivity index (χ0v) is 5.15. The second-order valence-electron chi connectivity index (χ2n) is 0.0833. The molecule has 0 atom stereocenters. The summed E-state index contributed by atoms with van der Waals surface area (Å²) >= 11 is 0. The van der Waals surface area contributed by atoms with Crippen molar-refractivity contribution in [3.8, 4) is 0 Å². The van der Waals surface area contributed by atoms with Gasteiger partial charge in [-0.05, 0) is 0 Å². The molecule has 0 amide bonds. The average Bonchev–Trinajstić information content (AvgIpc) is 0.918. The van der Waals surface area contributed by atoms with Gasteiger partial charge in [-0.3, -0.25) is 8.92 Å². The van der Waals surface area contributed by atoms with E-state index in [1.165, 1.54) is 0 Å². The van der Waals surface area contributed by atoms with E-state index in [0.29, 0.717) is 0 Å². The molecule has 0 rings (SSSR count). The van der Waals surface area contributed by atoms with Crippen LogP contribution in [0.3, 0.4) is 0 Å². The summed E-state index contributed by atoms with van der Waals surface area (Å²) < 4.78 is 16.8. The van der Waals surface area contributed by atoms with Crippen LogP contribution in [0.25, 0.3) is 0 Å². The number of hydrogen-bond donors (Lipinski definition) is 0. The third kappa shape index (κ3) is 55.1. The Hall–Kier alpha value is 0.843. The Morgan fingerprint density at radius 1 is 1.20 bits per heavy atom. The summed E-state index contributed by atoms with van der Waals surface area (Å²) in [4.78, 5) is 0. The van der Waals surface area contributed by atoms with Crippen molar-refractivity contribution in [1.29, 1.82) is 0 Å². The molecule has 0 aliphatic heterocycles. The molecule has 2 nitrogen and oxygen atoms in total. The van der Waals surface area contributed by atoms with Crippen LogP contribution < -0.4 is 0 Å². The summed E-state index contributed by atoms with van der Waals surface area (Å²) in [5, 5.41) is 0. The van der Waals surface area contributed by atoms with E-state index in [4.69, 9.17) is 8.92 Å². The second kappa shape index (κ2) is 21.1. The van der Waals surface area contributed by atoms with Crippen LogP contribution in [0.5, 0.6) is 0 Å². The second-order valence-corrected chi connectivity index (χ2v) is 0.250. The molecular formula is CoFeO2Si. The van der Waals surface area contributed by atoms with Gasteiger partial charge in [-0.15, -0.1) is 0 Å². The van der Waals surface area contributed by atoms with Crippen LogP contribution in [0.1, 0.15) is 0 Å². The van der Waals surface area contributed by atoms with Crippen molar-refractivity contribution in [2.45, 2.75) is 0 Å². The molecule has 33 valence electrons. The van der Waals surface area contributed by atoms with E-state index < -0.39 is 9.29 Å². The Kier molecular flexibility index (Phi) is 71.4. The minimum atomic E-state index is -1.42. The maximum atomic E-state index is 8.40. The summed E-state index contributed by atoms with van der Waals surface area (Å²) in [7, 11) is -1.42. The van der Waals surface area contributed by atoms with Gasteiger partial charge in [-0.2, -0.15) is 0 Å². The number of rotatable bonds is 0. The van der Waals surface area contributed by atoms with E-state index in [-0.39, 0.29) is 33.8 Å². The summed E-state index contributed by atoms with van der Waals surface area (Å²) in [6, 6.07) is 0. The van der Waals surface area contributed by atoms with Gasteiger partial charge >= 0.3 is 9.29 Å². The predicted molar refractivity (Wildman–Crippen MR) is 7.13 cm³/mol. The minimum absolute atomic E-state index is 0. The first-order valence-corrected chi connectivity index (χ1v) is 1.22. The van der Waals surface area contributed by atoms with Gasteiger partial charge in [0.05, 0.1) is 0 Å². The van der Waals surface area contributed by atoms with Crippen LogP contribution in [0.4, 0.5) is 0 Å². The van der Waals surface area contributed by atoms with Crippen LogP contribution in [0.15, 0.2) is 0 Å². The minimum Gasteiger partial charge on any atom is -0.274 e. The summed E-state index contributed by atoms with van der Waals surface area (Å²) in [5.74, 6) is 0. The molecular weight excluding hydrogens is 175 g/mol. The Labute approximate surface area is 52.3 Å². The Balaban J connectivity index is -0.0000000200. The van der Waals surface area contributed by atoms with E-state index in [9.17, 15) is 0 Å². The van der Waals surface area contributed by atoms with Crippen LogP contribution >= 0.6 is 0 Å². The molecule has 0 aromatic heterocycles. The Bertz CT molecular complexity index is 30.6. The van der Waals surface area contributed by atoms with E-state index >= 15 is 0 Å². The quantitative estimate of drug-likeness (QED) is 0.459. The molecule has 0 aromatic carbocycles. The van der Waals surface area contributed by atoms with E-state index in [1.807, 2.05) is 0 Å². The Morgan fingerprint density at radius 2 is 1.20 bits per heavy atom. The summed E-state index contributed by atoms with van der Waals surface area (Å²) in [6.07, 6.45) is 0. The van der Waals surface area contributed by atoms with Crippen molar-refractivity contribution in [1.82, 2.24) is 0 Å². The van der Waals surface area contributed by atoms with Crippen molar-refractivity contribution in [2.24, 2.45) is 0 Å². The fraction of sp³-hybridized carbons (Fsp3) is 0. The van der Waals surface area contributed by atoms with Crippen LogP contribution in [0, 0.1) is 0 Å². The van der Waals surface area contributed by atoms with Crippen molar-refractivity contribution < 1.29 is 42.8 Å².